The molecule has 1 aliphatic rings. The fourth-order valence-corrected chi connectivity index (χ4v) is 5.35. The second-order valence-corrected chi connectivity index (χ2v) is 11.1. The number of para-hydroxylation sites is 2. The second kappa shape index (κ2) is 13.0. The first-order chi connectivity index (χ1) is 14.6. The van der Waals surface area contributed by atoms with Crippen molar-refractivity contribution >= 4 is 20.3 Å². The van der Waals surface area contributed by atoms with Crippen LogP contribution in [0.4, 0.5) is 11.4 Å². The summed E-state index contributed by atoms with van der Waals surface area (Å²) >= 11 is 0. The van der Waals surface area contributed by atoms with Gasteiger partial charge in [0.05, 0.1) is 8.88 Å². The van der Waals surface area contributed by atoms with E-state index in [9.17, 15) is 0 Å². The molecule has 0 radical (unpaired) electrons. The molecule has 1 aliphatic heterocycles. The van der Waals surface area contributed by atoms with E-state index in [0.29, 0.717) is 32.6 Å². The first kappa shape index (κ1) is 29.0. The number of anilines is 2. The van der Waals surface area contributed by atoms with E-state index in [4.69, 9.17) is 0 Å². The summed E-state index contributed by atoms with van der Waals surface area (Å²) in [6.45, 7) is 25.0. The Morgan fingerprint density at radius 2 is 0.906 bits per heavy atom. The normalized spacial score (nSPS) is 13.3. The van der Waals surface area contributed by atoms with Gasteiger partial charge in [0, 0.05) is 27.9 Å². The quantitative estimate of drug-likeness (QED) is 0.223. The molecule has 0 aliphatic carbocycles. The van der Waals surface area contributed by atoms with Gasteiger partial charge in [-0.3, -0.25) is 0 Å². The summed E-state index contributed by atoms with van der Waals surface area (Å²) in [5.74, 6) is 2.17. The van der Waals surface area contributed by atoms with Crippen LogP contribution in [0.2, 0.25) is 0 Å². The van der Waals surface area contributed by atoms with Crippen LogP contribution in [0, 0.1) is 6.92 Å². The molecule has 0 atom stereocenters. The van der Waals surface area contributed by atoms with Gasteiger partial charge in [-0.2, -0.15) is 6.42 Å². The predicted molar refractivity (Wildman–Crippen MR) is 143 cm³/mol. The van der Waals surface area contributed by atoms with Crippen molar-refractivity contribution in [1.82, 2.24) is 0 Å². The summed E-state index contributed by atoms with van der Waals surface area (Å²) < 4.78 is 5.21. The smallest absolute Gasteiger partial charge is 0.100 e. The SMILES string of the molecule is CC(C)c1cccc(C(C)C)c1N1CN(c2c(C(C)C)cccc2C(C)C)P1.[CH2-]CC.[Ni]. The van der Waals surface area contributed by atoms with E-state index in [0.717, 1.165) is 13.1 Å². The summed E-state index contributed by atoms with van der Waals surface area (Å²) in [6, 6.07) is 13.8. The van der Waals surface area contributed by atoms with Crippen LogP contribution in [0.3, 0.4) is 0 Å². The second-order valence-electron chi connectivity index (χ2n) is 9.79. The van der Waals surface area contributed by atoms with Crippen molar-refractivity contribution in [3.8, 4) is 0 Å². The average Bonchev–Trinajstić information content (AvgIpc) is 2.67. The number of nitrogens with zero attached hydrogens (tertiary/aromatic N) is 2. The van der Waals surface area contributed by atoms with Crippen molar-refractivity contribution in [2.75, 3.05) is 16.0 Å². The molecule has 3 rings (SSSR count). The molecule has 1 fully saturated rings. The van der Waals surface area contributed by atoms with Crippen molar-refractivity contribution in [2.24, 2.45) is 0 Å². The number of hydrogen-bond acceptors (Lipinski definition) is 2. The predicted octanol–water partition coefficient (Wildman–Crippen LogP) is 9.20. The third kappa shape index (κ3) is 6.51. The van der Waals surface area contributed by atoms with Crippen molar-refractivity contribution in [2.45, 2.75) is 92.4 Å². The van der Waals surface area contributed by atoms with Gasteiger partial charge in [-0.05, 0) is 45.9 Å². The maximum absolute atomic E-state index is 3.49. The summed E-state index contributed by atoms with van der Waals surface area (Å²) in [5.41, 5.74) is 8.91. The molecule has 4 heteroatoms. The maximum Gasteiger partial charge on any atom is 0.100 e. The molecule has 0 unspecified atom stereocenters. The van der Waals surface area contributed by atoms with Crippen molar-refractivity contribution < 1.29 is 16.5 Å². The molecule has 182 valence electrons. The molecule has 0 aromatic heterocycles. The van der Waals surface area contributed by atoms with Gasteiger partial charge in [0.25, 0.3) is 0 Å². The first-order valence-electron chi connectivity index (χ1n) is 12.0. The standard InChI is InChI=1S/C25H37N2P.C3H7.Ni/c1-16(2)20-11-9-12-21(17(3)4)24(20)26-15-27(28-26)25-22(18(5)6)13-10-14-23(25)19(7)8;1-3-2;/h9-14,16-19,28H,15H2,1-8H3;1,3H2,2H3;/q;-1;. The summed E-state index contributed by atoms with van der Waals surface area (Å²) in [7, 11) is 0.681. The molecular weight excluding hydrogens is 454 g/mol. The van der Waals surface area contributed by atoms with Crippen molar-refractivity contribution in [1.29, 1.82) is 0 Å². The zero-order chi connectivity index (χ0) is 23.3. The van der Waals surface area contributed by atoms with E-state index in [2.05, 4.69) is 108 Å². The molecule has 0 saturated carbocycles. The molecule has 0 N–H and O–H groups in total. The van der Waals surface area contributed by atoms with E-state index in [1.807, 2.05) is 6.92 Å². The molecule has 1 heterocycles. The van der Waals surface area contributed by atoms with Gasteiger partial charge < -0.3 is 16.3 Å². The zero-order valence-electron chi connectivity index (χ0n) is 21.6. The van der Waals surface area contributed by atoms with Crippen LogP contribution < -0.4 is 9.34 Å². The summed E-state index contributed by atoms with van der Waals surface area (Å²) in [4.78, 5) is 0. The summed E-state index contributed by atoms with van der Waals surface area (Å²) in [5, 5.41) is 0. The van der Waals surface area contributed by atoms with Crippen LogP contribution >= 0.6 is 8.88 Å². The van der Waals surface area contributed by atoms with E-state index < -0.39 is 0 Å². The third-order valence-corrected chi connectivity index (χ3v) is 6.96. The molecular formula is C28H44N2NiP-. The van der Waals surface area contributed by atoms with Crippen LogP contribution in [-0.4, -0.2) is 6.67 Å². The van der Waals surface area contributed by atoms with E-state index >= 15 is 0 Å². The van der Waals surface area contributed by atoms with Gasteiger partial charge >= 0.3 is 0 Å². The number of benzene rings is 2. The fraction of sp³-hybridized carbons (Fsp3) is 0.536. The average molecular weight is 498 g/mol. The van der Waals surface area contributed by atoms with E-state index in [1.165, 1.54) is 33.6 Å². The Bertz CT molecular complexity index is 719. The van der Waals surface area contributed by atoms with Gasteiger partial charge in [-0.25, -0.2) is 0 Å². The minimum atomic E-state index is 0. The molecule has 0 spiro atoms. The molecule has 2 aromatic rings. The van der Waals surface area contributed by atoms with Gasteiger partial charge in [0.2, 0.25) is 0 Å². The summed E-state index contributed by atoms with van der Waals surface area (Å²) in [6.07, 6.45) is 1.00. The van der Waals surface area contributed by atoms with Gasteiger partial charge in [0.15, 0.2) is 0 Å². The van der Waals surface area contributed by atoms with Crippen LogP contribution in [0.15, 0.2) is 36.4 Å². The molecule has 32 heavy (non-hydrogen) atoms. The Balaban J connectivity index is 0.00000121. The Hall–Kier alpha value is -1.04. The Labute approximate surface area is 210 Å². The maximum atomic E-state index is 3.49. The Morgan fingerprint density at radius 3 is 1.09 bits per heavy atom. The molecule has 0 bridgehead atoms. The van der Waals surface area contributed by atoms with Crippen LogP contribution in [0.25, 0.3) is 0 Å². The van der Waals surface area contributed by atoms with Gasteiger partial charge in [-0.1, -0.05) is 98.7 Å². The van der Waals surface area contributed by atoms with Crippen molar-refractivity contribution in [3.63, 3.8) is 0 Å². The van der Waals surface area contributed by atoms with E-state index in [1.54, 1.807) is 0 Å². The first-order valence-corrected chi connectivity index (χ1v) is 12.9. The van der Waals surface area contributed by atoms with E-state index in [-0.39, 0.29) is 16.5 Å². The van der Waals surface area contributed by atoms with Crippen LogP contribution in [0.5, 0.6) is 0 Å². The minimum absolute atomic E-state index is 0. The van der Waals surface area contributed by atoms with Gasteiger partial charge in [0.1, 0.15) is 6.67 Å². The largest absolute Gasteiger partial charge is 0.344 e. The molecule has 1 saturated heterocycles. The topological polar surface area (TPSA) is 6.48 Å². The molecule has 0 amide bonds. The van der Waals surface area contributed by atoms with Crippen molar-refractivity contribution in [3.05, 3.63) is 65.6 Å². The fourth-order valence-electron chi connectivity index (χ4n) is 4.16. The molecule has 2 nitrogen and oxygen atoms in total. The zero-order valence-corrected chi connectivity index (χ0v) is 23.6. The van der Waals surface area contributed by atoms with Gasteiger partial charge in [-0.15, -0.1) is 0 Å². The minimum Gasteiger partial charge on any atom is -0.344 e. The van der Waals surface area contributed by atoms with Crippen LogP contribution in [0.1, 0.15) is 115 Å². The monoisotopic (exact) mass is 497 g/mol. The van der Waals surface area contributed by atoms with Crippen LogP contribution in [-0.2, 0) is 16.5 Å². The number of rotatable bonds is 6. The Morgan fingerprint density at radius 1 is 0.688 bits per heavy atom. The molecule has 2 aromatic carbocycles. The Kier molecular flexibility index (Phi) is 11.8. The number of hydrogen-bond donors (Lipinski definition) is 0. The third-order valence-electron chi connectivity index (χ3n) is 5.75.